The lowest BCUT2D eigenvalue weighted by atomic mass is 9.87. The van der Waals surface area contributed by atoms with Crippen LogP contribution in [0.2, 0.25) is 0 Å². The Morgan fingerprint density at radius 1 is 1.39 bits per heavy atom. The zero-order chi connectivity index (χ0) is 12.8. The Hall–Kier alpha value is -0.540. The molecule has 0 bridgehead atoms. The van der Waals surface area contributed by atoms with E-state index in [1.54, 1.807) is 23.9 Å². The maximum atomic E-state index is 13.0. The SMILES string of the molecule is CC1CCCC(NCCSc2cccc(F)c2)C1. The monoisotopic (exact) mass is 267 g/mol. The molecular weight excluding hydrogens is 245 g/mol. The first-order chi connectivity index (χ1) is 8.74. The number of hydrogen-bond acceptors (Lipinski definition) is 2. The molecule has 0 aliphatic heterocycles. The molecule has 18 heavy (non-hydrogen) atoms. The second-order valence-electron chi connectivity index (χ2n) is 5.23. The predicted molar refractivity (Wildman–Crippen MR) is 76.5 cm³/mol. The highest BCUT2D eigenvalue weighted by molar-refractivity contribution is 7.99. The van der Waals surface area contributed by atoms with Crippen molar-refractivity contribution in [2.75, 3.05) is 12.3 Å². The summed E-state index contributed by atoms with van der Waals surface area (Å²) in [4.78, 5) is 1.02. The molecule has 1 aromatic rings. The van der Waals surface area contributed by atoms with Gasteiger partial charge in [-0.2, -0.15) is 0 Å². The molecule has 3 heteroatoms. The molecule has 100 valence electrons. The molecule has 2 rings (SSSR count). The van der Waals surface area contributed by atoms with Gasteiger partial charge in [-0.05, 0) is 37.0 Å². The number of halogens is 1. The zero-order valence-electron chi connectivity index (χ0n) is 11.0. The van der Waals surface area contributed by atoms with Crippen LogP contribution in [0, 0.1) is 11.7 Å². The quantitative estimate of drug-likeness (QED) is 0.637. The fourth-order valence-corrected chi connectivity index (χ4v) is 3.43. The van der Waals surface area contributed by atoms with Crippen LogP contribution in [0.1, 0.15) is 32.6 Å². The minimum atomic E-state index is -0.144. The van der Waals surface area contributed by atoms with Crippen molar-refractivity contribution in [2.24, 2.45) is 5.92 Å². The molecule has 1 aliphatic carbocycles. The molecule has 0 spiro atoms. The van der Waals surface area contributed by atoms with Gasteiger partial charge in [-0.25, -0.2) is 4.39 Å². The third kappa shape index (κ3) is 4.62. The lowest BCUT2D eigenvalue weighted by Crippen LogP contribution is -2.34. The van der Waals surface area contributed by atoms with Crippen LogP contribution in [-0.4, -0.2) is 18.3 Å². The minimum Gasteiger partial charge on any atom is -0.313 e. The molecule has 0 radical (unpaired) electrons. The molecule has 1 aliphatic rings. The van der Waals surface area contributed by atoms with Gasteiger partial charge in [0.2, 0.25) is 0 Å². The summed E-state index contributed by atoms with van der Waals surface area (Å²) in [5.74, 6) is 1.73. The Morgan fingerprint density at radius 3 is 3.06 bits per heavy atom. The lowest BCUT2D eigenvalue weighted by Gasteiger charge is -2.27. The van der Waals surface area contributed by atoms with Crippen LogP contribution in [-0.2, 0) is 0 Å². The van der Waals surface area contributed by atoms with Crippen molar-refractivity contribution in [1.82, 2.24) is 5.32 Å². The number of benzene rings is 1. The molecule has 1 fully saturated rings. The Labute approximate surface area is 114 Å². The summed E-state index contributed by atoms with van der Waals surface area (Å²) in [7, 11) is 0. The molecule has 0 amide bonds. The van der Waals surface area contributed by atoms with Crippen molar-refractivity contribution < 1.29 is 4.39 Å². The van der Waals surface area contributed by atoms with E-state index in [0.29, 0.717) is 6.04 Å². The minimum absolute atomic E-state index is 0.144. The molecule has 2 atom stereocenters. The first-order valence-corrected chi connectivity index (χ1v) is 7.84. The average molecular weight is 267 g/mol. The molecule has 1 N–H and O–H groups in total. The summed E-state index contributed by atoms with van der Waals surface area (Å²) < 4.78 is 13.0. The Kier molecular flexibility index (Phi) is 5.51. The molecule has 0 heterocycles. The van der Waals surface area contributed by atoms with Crippen molar-refractivity contribution in [3.8, 4) is 0 Å². The van der Waals surface area contributed by atoms with Crippen LogP contribution in [0.4, 0.5) is 4.39 Å². The number of thioether (sulfide) groups is 1. The maximum Gasteiger partial charge on any atom is 0.124 e. The van der Waals surface area contributed by atoms with Gasteiger partial charge in [0.05, 0.1) is 0 Å². The van der Waals surface area contributed by atoms with Gasteiger partial charge < -0.3 is 5.32 Å². The van der Waals surface area contributed by atoms with E-state index in [1.807, 2.05) is 6.07 Å². The van der Waals surface area contributed by atoms with Crippen LogP contribution >= 0.6 is 11.8 Å². The highest BCUT2D eigenvalue weighted by atomic mass is 32.2. The van der Waals surface area contributed by atoms with Crippen molar-refractivity contribution in [2.45, 2.75) is 43.5 Å². The van der Waals surface area contributed by atoms with Crippen LogP contribution in [0.15, 0.2) is 29.2 Å². The molecule has 0 aromatic heterocycles. The summed E-state index contributed by atoms with van der Waals surface area (Å²) >= 11 is 1.72. The summed E-state index contributed by atoms with van der Waals surface area (Å²) in [6, 6.07) is 7.53. The van der Waals surface area contributed by atoms with E-state index in [9.17, 15) is 4.39 Å². The standard InChI is InChI=1S/C15H22FNS/c1-12-4-2-6-14(10-12)17-8-9-18-15-7-3-5-13(16)11-15/h3,5,7,11-12,14,17H,2,4,6,8-10H2,1H3. The molecule has 1 nitrogen and oxygen atoms in total. The van der Waals surface area contributed by atoms with E-state index in [4.69, 9.17) is 0 Å². The lowest BCUT2D eigenvalue weighted by molar-refractivity contribution is 0.306. The largest absolute Gasteiger partial charge is 0.313 e. The van der Waals surface area contributed by atoms with E-state index < -0.39 is 0 Å². The highest BCUT2D eigenvalue weighted by Gasteiger charge is 2.17. The van der Waals surface area contributed by atoms with Crippen LogP contribution in [0.25, 0.3) is 0 Å². The molecule has 0 saturated heterocycles. The molecule has 1 saturated carbocycles. The fourth-order valence-electron chi connectivity index (χ4n) is 2.61. The highest BCUT2D eigenvalue weighted by Crippen LogP contribution is 2.23. The third-order valence-corrected chi connectivity index (χ3v) is 4.53. The Morgan fingerprint density at radius 2 is 2.28 bits per heavy atom. The van der Waals surface area contributed by atoms with Gasteiger partial charge in [0.25, 0.3) is 0 Å². The van der Waals surface area contributed by atoms with Crippen molar-refractivity contribution >= 4 is 11.8 Å². The van der Waals surface area contributed by atoms with Crippen molar-refractivity contribution in [1.29, 1.82) is 0 Å². The third-order valence-electron chi connectivity index (χ3n) is 3.54. The Balaban J connectivity index is 1.64. The number of nitrogens with one attached hydrogen (secondary N) is 1. The van der Waals surface area contributed by atoms with Gasteiger partial charge in [0.1, 0.15) is 5.82 Å². The van der Waals surface area contributed by atoms with E-state index >= 15 is 0 Å². The van der Waals surface area contributed by atoms with Gasteiger partial charge >= 0.3 is 0 Å². The van der Waals surface area contributed by atoms with Crippen LogP contribution < -0.4 is 5.32 Å². The predicted octanol–water partition coefficient (Wildman–Crippen LogP) is 4.09. The fraction of sp³-hybridized carbons (Fsp3) is 0.600. The second kappa shape index (κ2) is 7.15. The smallest absolute Gasteiger partial charge is 0.124 e. The van der Waals surface area contributed by atoms with E-state index in [-0.39, 0.29) is 5.82 Å². The summed E-state index contributed by atoms with van der Waals surface area (Å²) in [6.07, 6.45) is 5.37. The normalized spacial score (nSPS) is 24.1. The molecule has 2 unspecified atom stereocenters. The van der Waals surface area contributed by atoms with Crippen molar-refractivity contribution in [3.05, 3.63) is 30.1 Å². The maximum absolute atomic E-state index is 13.0. The molecule has 1 aromatic carbocycles. The second-order valence-corrected chi connectivity index (χ2v) is 6.40. The Bertz CT molecular complexity index is 369. The van der Waals surface area contributed by atoms with E-state index in [0.717, 1.165) is 23.1 Å². The number of rotatable bonds is 5. The van der Waals surface area contributed by atoms with Gasteiger partial charge in [-0.3, -0.25) is 0 Å². The van der Waals surface area contributed by atoms with Gasteiger partial charge in [0, 0.05) is 23.2 Å². The number of hydrogen-bond donors (Lipinski definition) is 1. The summed E-state index contributed by atoms with van der Waals surface area (Å²) in [5, 5.41) is 3.62. The average Bonchev–Trinajstić information content (AvgIpc) is 2.35. The van der Waals surface area contributed by atoms with Crippen LogP contribution in [0.3, 0.4) is 0 Å². The first-order valence-electron chi connectivity index (χ1n) is 6.86. The van der Waals surface area contributed by atoms with Crippen molar-refractivity contribution in [3.63, 3.8) is 0 Å². The van der Waals surface area contributed by atoms with Gasteiger partial charge in [-0.15, -0.1) is 11.8 Å². The summed E-state index contributed by atoms with van der Waals surface area (Å²) in [6.45, 7) is 3.36. The van der Waals surface area contributed by atoms with E-state index in [1.165, 1.54) is 31.7 Å². The topological polar surface area (TPSA) is 12.0 Å². The first kappa shape index (κ1) is 13.9. The van der Waals surface area contributed by atoms with E-state index in [2.05, 4.69) is 12.2 Å². The summed E-state index contributed by atoms with van der Waals surface area (Å²) in [5.41, 5.74) is 0. The zero-order valence-corrected chi connectivity index (χ0v) is 11.8. The molecular formula is C15H22FNS. The van der Waals surface area contributed by atoms with Crippen LogP contribution in [0.5, 0.6) is 0 Å². The van der Waals surface area contributed by atoms with Gasteiger partial charge in [0.15, 0.2) is 0 Å². The van der Waals surface area contributed by atoms with Gasteiger partial charge in [-0.1, -0.05) is 25.8 Å².